The summed E-state index contributed by atoms with van der Waals surface area (Å²) in [5.74, 6) is -0.553. The Morgan fingerprint density at radius 2 is 2.09 bits per heavy atom. The van der Waals surface area contributed by atoms with Crippen molar-refractivity contribution in [3.05, 3.63) is 35.1 Å². The Hall–Kier alpha value is -2.44. The molecule has 0 bridgehead atoms. The molecule has 3 rings (SSSR count). The van der Waals surface area contributed by atoms with Gasteiger partial charge in [0.2, 0.25) is 5.91 Å². The van der Waals surface area contributed by atoms with E-state index in [9.17, 15) is 9.59 Å². The fourth-order valence-electron chi connectivity index (χ4n) is 3.13. The summed E-state index contributed by atoms with van der Waals surface area (Å²) in [6.45, 7) is 3.98. The molecule has 122 valence electrons. The molecule has 1 aliphatic heterocycles. The maximum atomic E-state index is 12.6. The van der Waals surface area contributed by atoms with Crippen LogP contribution >= 0.6 is 0 Å². The van der Waals surface area contributed by atoms with E-state index < -0.39 is 5.76 Å². The summed E-state index contributed by atoms with van der Waals surface area (Å²) in [5.41, 5.74) is 0.607. The smallest absolute Gasteiger partial charge is 0.388 e. The number of likely N-dealkylation sites (tertiary alicyclic amines) is 1. The first kappa shape index (κ1) is 15.5. The summed E-state index contributed by atoms with van der Waals surface area (Å²) >= 11 is 0. The fraction of sp³-hybridized carbons (Fsp3) is 0.500. The molecule has 1 saturated heterocycles. The average Bonchev–Trinajstić information content (AvgIpc) is 2.89. The van der Waals surface area contributed by atoms with Gasteiger partial charge in [0.15, 0.2) is 0 Å². The van der Waals surface area contributed by atoms with Gasteiger partial charge in [0.05, 0.1) is 5.56 Å². The van der Waals surface area contributed by atoms with Gasteiger partial charge in [-0.25, -0.2) is 4.79 Å². The molecule has 7 heteroatoms. The lowest BCUT2D eigenvalue weighted by atomic mass is 9.97. The lowest BCUT2D eigenvalue weighted by Crippen LogP contribution is -2.49. The number of hydrogen-bond donors (Lipinski definition) is 0. The Labute approximate surface area is 133 Å². The van der Waals surface area contributed by atoms with E-state index >= 15 is 0 Å². The highest BCUT2D eigenvalue weighted by Gasteiger charge is 2.29. The minimum atomic E-state index is -0.630. The second-order valence-corrected chi connectivity index (χ2v) is 6.00. The molecule has 0 aromatic carbocycles. The quantitative estimate of drug-likeness (QED) is 0.860. The summed E-state index contributed by atoms with van der Waals surface area (Å²) in [4.78, 5) is 30.3. The van der Waals surface area contributed by atoms with Gasteiger partial charge < -0.3 is 9.32 Å². The maximum Gasteiger partial charge on any atom is 0.437 e. The van der Waals surface area contributed by atoms with Gasteiger partial charge in [-0.3, -0.25) is 9.78 Å². The summed E-state index contributed by atoms with van der Waals surface area (Å²) in [6, 6.07) is 3.86. The average molecular weight is 316 g/mol. The molecule has 0 radical (unpaired) electrons. The SMILES string of the molecule is C[C@H]1CCC[C@H](C)N1C(=O)Cn1nc(-c2cccnc2)oc1=O. The number of hydrogen-bond acceptors (Lipinski definition) is 5. The third-order valence-electron chi connectivity index (χ3n) is 4.28. The summed E-state index contributed by atoms with van der Waals surface area (Å²) < 4.78 is 6.21. The fourth-order valence-corrected chi connectivity index (χ4v) is 3.13. The van der Waals surface area contributed by atoms with Crippen molar-refractivity contribution in [2.75, 3.05) is 0 Å². The molecule has 2 aromatic heterocycles. The van der Waals surface area contributed by atoms with E-state index in [0.29, 0.717) is 5.56 Å². The summed E-state index contributed by atoms with van der Waals surface area (Å²) in [7, 11) is 0. The van der Waals surface area contributed by atoms with Crippen molar-refractivity contribution in [1.82, 2.24) is 19.7 Å². The molecule has 3 heterocycles. The van der Waals surface area contributed by atoms with Crippen LogP contribution in [0.25, 0.3) is 11.5 Å². The molecule has 23 heavy (non-hydrogen) atoms. The van der Waals surface area contributed by atoms with E-state index in [4.69, 9.17) is 4.42 Å². The molecule has 0 unspecified atom stereocenters. The molecule has 7 nitrogen and oxygen atoms in total. The van der Waals surface area contributed by atoms with Crippen molar-refractivity contribution in [1.29, 1.82) is 0 Å². The van der Waals surface area contributed by atoms with E-state index in [1.807, 2.05) is 18.7 Å². The second-order valence-electron chi connectivity index (χ2n) is 6.00. The lowest BCUT2D eigenvalue weighted by molar-refractivity contribution is -0.138. The highest BCUT2D eigenvalue weighted by atomic mass is 16.4. The van der Waals surface area contributed by atoms with Gasteiger partial charge in [-0.15, -0.1) is 5.10 Å². The van der Waals surface area contributed by atoms with Gasteiger partial charge in [-0.05, 0) is 45.2 Å². The summed E-state index contributed by atoms with van der Waals surface area (Å²) in [6.07, 6.45) is 6.30. The molecule has 2 atom stereocenters. The number of nitrogens with zero attached hydrogens (tertiary/aromatic N) is 4. The van der Waals surface area contributed by atoms with Crippen molar-refractivity contribution >= 4 is 5.91 Å². The third kappa shape index (κ3) is 3.18. The summed E-state index contributed by atoms with van der Waals surface area (Å²) in [5, 5.41) is 4.11. The first-order valence-corrected chi connectivity index (χ1v) is 7.86. The molecule has 0 N–H and O–H groups in total. The molecule has 1 fully saturated rings. The lowest BCUT2D eigenvalue weighted by Gasteiger charge is -2.38. The standard InChI is InChI=1S/C16H20N4O3/c1-11-5-3-6-12(2)20(11)14(21)10-19-16(22)23-15(18-19)13-7-4-8-17-9-13/h4,7-9,11-12H,3,5-6,10H2,1-2H3/t11-,12-/m0/s1. The van der Waals surface area contributed by atoms with Gasteiger partial charge in [0.25, 0.3) is 5.89 Å². The van der Waals surface area contributed by atoms with Gasteiger partial charge in [-0.1, -0.05) is 0 Å². The molecule has 2 aromatic rings. The minimum absolute atomic E-state index is 0.0992. The molecular formula is C16H20N4O3. The number of aromatic nitrogens is 3. The molecule has 0 aliphatic carbocycles. The zero-order valence-corrected chi connectivity index (χ0v) is 13.3. The molecule has 1 aliphatic rings. The van der Waals surface area contributed by atoms with E-state index in [2.05, 4.69) is 10.1 Å². The van der Waals surface area contributed by atoms with Crippen LogP contribution in [0.15, 0.2) is 33.7 Å². The number of rotatable bonds is 3. The highest BCUT2D eigenvalue weighted by molar-refractivity contribution is 5.76. The number of pyridine rings is 1. The Kier molecular flexibility index (Phi) is 4.27. The van der Waals surface area contributed by atoms with Crippen molar-refractivity contribution < 1.29 is 9.21 Å². The topological polar surface area (TPSA) is 81.2 Å². The van der Waals surface area contributed by atoms with Crippen LogP contribution in [0.1, 0.15) is 33.1 Å². The second kappa shape index (κ2) is 6.36. The largest absolute Gasteiger partial charge is 0.437 e. The maximum absolute atomic E-state index is 12.6. The Morgan fingerprint density at radius 1 is 1.35 bits per heavy atom. The monoisotopic (exact) mass is 316 g/mol. The van der Waals surface area contributed by atoms with E-state index in [-0.39, 0.29) is 30.4 Å². The van der Waals surface area contributed by atoms with Crippen LogP contribution in [-0.4, -0.2) is 37.7 Å². The third-order valence-corrected chi connectivity index (χ3v) is 4.28. The van der Waals surface area contributed by atoms with Crippen molar-refractivity contribution in [2.45, 2.75) is 51.7 Å². The number of amides is 1. The van der Waals surface area contributed by atoms with Crippen LogP contribution < -0.4 is 5.76 Å². The van der Waals surface area contributed by atoms with Crippen LogP contribution in [-0.2, 0) is 11.3 Å². The zero-order valence-electron chi connectivity index (χ0n) is 13.3. The Balaban J connectivity index is 1.79. The Morgan fingerprint density at radius 3 is 2.74 bits per heavy atom. The van der Waals surface area contributed by atoms with Crippen molar-refractivity contribution in [2.24, 2.45) is 0 Å². The van der Waals surface area contributed by atoms with Crippen LogP contribution in [0, 0.1) is 0 Å². The first-order valence-electron chi connectivity index (χ1n) is 7.86. The Bertz CT molecular complexity index is 727. The van der Waals surface area contributed by atoms with E-state index in [1.54, 1.807) is 24.5 Å². The molecular weight excluding hydrogens is 296 g/mol. The normalized spacial score (nSPS) is 21.4. The highest BCUT2D eigenvalue weighted by Crippen LogP contribution is 2.22. The van der Waals surface area contributed by atoms with E-state index in [1.165, 1.54) is 0 Å². The van der Waals surface area contributed by atoms with Gasteiger partial charge in [-0.2, -0.15) is 4.68 Å². The number of carbonyl (C=O) groups excluding carboxylic acids is 1. The number of carbonyl (C=O) groups is 1. The molecule has 0 spiro atoms. The van der Waals surface area contributed by atoms with Gasteiger partial charge in [0.1, 0.15) is 6.54 Å². The van der Waals surface area contributed by atoms with Crippen LogP contribution in [0.3, 0.4) is 0 Å². The van der Waals surface area contributed by atoms with Gasteiger partial charge >= 0.3 is 5.76 Å². The van der Waals surface area contributed by atoms with Crippen LogP contribution in [0.4, 0.5) is 0 Å². The van der Waals surface area contributed by atoms with Crippen molar-refractivity contribution in [3.63, 3.8) is 0 Å². The van der Waals surface area contributed by atoms with Crippen molar-refractivity contribution in [3.8, 4) is 11.5 Å². The number of piperidine rings is 1. The molecule has 0 saturated carbocycles. The minimum Gasteiger partial charge on any atom is -0.388 e. The molecule has 1 amide bonds. The van der Waals surface area contributed by atoms with Crippen LogP contribution in [0.2, 0.25) is 0 Å². The zero-order chi connectivity index (χ0) is 16.4. The predicted molar refractivity (Wildman–Crippen MR) is 83.6 cm³/mol. The predicted octanol–water partition coefficient (Wildman–Crippen LogP) is 1.69. The van der Waals surface area contributed by atoms with Crippen LogP contribution in [0.5, 0.6) is 0 Å². The van der Waals surface area contributed by atoms with Gasteiger partial charge in [0, 0.05) is 24.5 Å². The first-order chi connectivity index (χ1) is 11.1. The van der Waals surface area contributed by atoms with E-state index in [0.717, 1.165) is 23.9 Å².